The lowest BCUT2D eigenvalue weighted by atomic mass is 9.98. The highest BCUT2D eigenvalue weighted by Crippen LogP contribution is 2.42. The van der Waals surface area contributed by atoms with Gasteiger partial charge in [0.1, 0.15) is 0 Å². The van der Waals surface area contributed by atoms with Crippen molar-refractivity contribution in [1.82, 2.24) is 15.1 Å². The monoisotopic (exact) mass is 477 g/mol. The van der Waals surface area contributed by atoms with Gasteiger partial charge in [0, 0.05) is 24.9 Å². The molecule has 8 heteroatoms. The lowest BCUT2D eigenvalue weighted by Crippen LogP contribution is -2.48. The van der Waals surface area contributed by atoms with E-state index in [4.69, 9.17) is 23.2 Å². The number of halogens is 2. The summed E-state index contributed by atoms with van der Waals surface area (Å²) in [5.41, 5.74) is 2.05. The van der Waals surface area contributed by atoms with Crippen LogP contribution >= 0.6 is 23.2 Å². The molecule has 32 heavy (non-hydrogen) atoms. The molecule has 1 unspecified atom stereocenters. The van der Waals surface area contributed by atoms with Crippen molar-refractivity contribution in [3.8, 4) is 0 Å². The third-order valence-corrected chi connectivity index (χ3v) is 7.30. The van der Waals surface area contributed by atoms with Crippen LogP contribution in [0.1, 0.15) is 56.2 Å². The molecule has 1 aromatic carbocycles. The topological polar surface area (TPSA) is 60.3 Å². The Morgan fingerprint density at radius 2 is 1.97 bits per heavy atom. The summed E-state index contributed by atoms with van der Waals surface area (Å²) in [4.78, 5) is 25.4. The van der Waals surface area contributed by atoms with Crippen LogP contribution in [-0.4, -0.2) is 62.0 Å². The molecule has 0 bridgehead atoms. The van der Waals surface area contributed by atoms with Crippen LogP contribution < -0.4 is 5.32 Å². The van der Waals surface area contributed by atoms with E-state index in [1.165, 1.54) is 12.8 Å². The van der Waals surface area contributed by atoms with E-state index >= 15 is 0 Å². The maximum absolute atomic E-state index is 13.1. The maximum Gasteiger partial charge on any atom is 0.317 e. The first-order valence-corrected chi connectivity index (χ1v) is 12.0. The number of urea groups is 1. The number of rotatable bonds is 8. The fraction of sp³-hybridized carbons (Fsp3) is 0.542. The van der Waals surface area contributed by atoms with E-state index in [0.717, 1.165) is 37.9 Å². The van der Waals surface area contributed by atoms with Gasteiger partial charge >= 0.3 is 6.03 Å². The highest BCUT2D eigenvalue weighted by Gasteiger charge is 2.31. The van der Waals surface area contributed by atoms with Gasteiger partial charge < -0.3 is 15.1 Å². The Labute approximate surface area is 201 Å². The number of benzene rings is 1. The largest absolute Gasteiger partial charge is 0.331 e. The maximum atomic E-state index is 13.1. The van der Waals surface area contributed by atoms with E-state index in [-0.39, 0.29) is 18.1 Å². The number of carbonyl (C=O) groups excluding carboxylic acids is 1. The second-order valence-electron chi connectivity index (χ2n) is 8.74. The van der Waals surface area contributed by atoms with Crippen LogP contribution in [0.2, 0.25) is 10.0 Å². The second-order valence-corrected chi connectivity index (χ2v) is 9.49. The lowest BCUT2D eigenvalue weighted by Gasteiger charge is -2.36. The van der Waals surface area contributed by atoms with Crippen LogP contribution in [0.3, 0.4) is 0 Å². The molecule has 1 aliphatic carbocycles. The van der Waals surface area contributed by atoms with E-state index in [9.17, 15) is 4.79 Å². The molecule has 2 amide bonds. The molecule has 0 spiro atoms. The summed E-state index contributed by atoms with van der Waals surface area (Å²) < 4.78 is 0. The zero-order chi connectivity index (χ0) is 23.3. The third kappa shape index (κ3) is 6.12. The van der Waals surface area contributed by atoms with Crippen molar-refractivity contribution in [2.24, 2.45) is 15.9 Å². The molecule has 2 aliphatic rings. The van der Waals surface area contributed by atoms with Crippen LogP contribution in [0.5, 0.6) is 0 Å². The molecule has 1 saturated heterocycles. The predicted molar refractivity (Wildman–Crippen MR) is 135 cm³/mol. The van der Waals surface area contributed by atoms with E-state index < -0.39 is 0 Å². The van der Waals surface area contributed by atoms with E-state index in [1.54, 1.807) is 12.4 Å². The van der Waals surface area contributed by atoms with Crippen molar-refractivity contribution in [2.75, 3.05) is 27.2 Å². The van der Waals surface area contributed by atoms with Gasteiger partial charge in [-0.05, 0) is 64.5 Å². The predicted octanol–water partition coefficient (Wildman–Crippen LogP) is 5.66. The van der Waals surface area contributed by atoms with E-state index in [1.807, 2.05) is 31.0 Å². The first-order valence-electron chi connectivity index (χ1n) is 11.2. The summed E-state index contributed by atoms with van der Waals surface area (Å²) in [6, 6.07) is 3.80. The normalized spacial score (nSPS) is 19.2. The van der Waals surface area contributed by atoms with Gasteiger partial charge in [0.15, 0.2) is 0 Å². The molecular weight excluding hydrogens is 445 g/mol. The molecule has 1 aromatic rings. The molecule has 6 nitrogen and oxygen atoms in total. The highest BCUT2D eigenvalue weighted by atomic mass is 35.5. The van der Waals surface area contributed by atoms with Crippen LogP contribution in [-0.2, 0) is 0 Å². The smallest absolute Gasteiger partial charge is 0.317 e. The fourth-order valence-corrected chi connectivity index (χ4v) is 4.69. The average Bonchev–Trinajstić information content (AvgIpc) is 3.60. The van der Waals surface area contributed by atoms with Crippen molar-refractivity contribution < 1.29 is 4.79 Å². The number of hydrogen-bond donors (Lipinski definition) is 1. The Kier molecular flexibility index (Phi) is 8.74. The van der Waals surface area contributed by atoms with Crippen LogP contribution in [0.15, 0.2) is 28.3 Å². The van der Waals surface area contributed by atoms with Crippen molar-refractivity contribution in [1.29, 1.82) is 0 Å². The first-order chi connectivity index (χ1) is 15.3. The lowest BCUT2D eigenvalue weighted by molar-refractivity contribution is 0.145. The SMILES string of the molecule is C=N/C(=C\N=CC)c1ccc(C(CC2CC2)NC(=O)N(C)C2CCN(C)CC2)c(Cl)c1Cl. The summed E-state index contributed by atoms with van der Waals surface area (Å²) >= 11 is 13.4. The minimum atomic E-state index is -0.194. The zero-order valence-electron chi connectivity index (χ0n) is 19.2. The number of piperidine rings is 1. The number of nitrogens with one attached hydrogen (secondary N) is 1. The molecule has 1 N–H and O–H groups in total. The van der Waals surface area contributed by atoms with Gasteiger partial charge in [-0.3, -0.25) is 9.98 Å². The first kappa shape index (κ1) is 24.7. The van der Waals surface area contributed by atoms with Gasteiger partial charge in [-0.15, -0.1) is 0 Å². The third-order valence-electron chi connectivity index (χ3n) is 6.40. The Hall–Kier alpha value is -1.89. The summed E-state index contributed by atoms with van der Waals surface area (Å²) in [5.74, 6) is 0.604. The summed E-state index contributed by atoms with van der Waals surface area (Å²) in [6.07, 6.45) is 8.45. The van der Waals surface area contributed by atoms with Crippen LogP contribution in [0.4, 0.5) is 4.79 Å². The van der Waals surface area contributed by atoms with Gasteiger partial charge in [0.2, 0.25) is 0 Å². The average molecular weight is 478 g/mol. The zero-order valence-corrected chi connectivity index (χ0v) is 20.7. The Balaban J connectivity index is 1.81. The number of hydrogen-bond acceptors (Lipinski definition) is 4. The Bertz CT molecular complexity index is 889. The van der Waals surface area contributed by atoms with Gasteiger partial charge in [-0.2, -0.15) is 0 Å². The fourth-order valence-electron chi connectivity index (χ4n) is 4.12. The van der Waals surface area contributed by atoms with Gasteiger partial charge in [-0.1, -0.05) is 48.2 Å². The molecule has 0 aromatic heterocycles. The highest BCUT2D eigenvalue weighted by molar-refractivity contribution is 6.43. The van der Waals surface area contributed by atoms with Crippen molar-refractivity contribution >= 4 is 47.9 Å². The Morgan fingerprint density at radius 1 is 1.28 bits per heavy atom. The van der Waals surface area contributed by atoms with Gasteiger partial charge in [-0.25, -0.2) is 4.79 Å². The summed E-state index contributed by atoms with van der Waals surface area (Å²) in [5, 5.41) is 4.07. The molecule has 2 fully saturated rings. The van der Waals surface area contributed by atoms with Gasteiger partial charge in [0.05, 0.1) is 28.0 Å². The number of nitrogens with zero attached hydrogens (tertiary/aromatic N) is 4. The van der Waals surface area contributed by atoms with Gasteiger partial charge in [0.25, 0.3) is 0 Å². The van der Waals surface area contributed by atoms with Crippen molar-refractivity contribution in [3.05, 3.63) is 39.5 Å². The molecule has 0 radical (unpaired) electrons. The standard InChI is InChI=1S/C24H33Cl2N5O/c1-5-28-15-21(27-2)19-9-8-18(22(25)23(19)26)20(14-16-6-7-16)29-24(32)31(4)17-10-12-30(3)13-11-17/h5,8-9,15-17,20H,2,6-7,10-14H2,1,3-4H3,(H,29,32)/b21-15-,28-5?. The van der Waals surface area contributed by atoms with Crippen molar-refractivity contribution in [3.63, 3.8) is 0 Å². The molecule has 3 rings (SSSR count). The van der Waals surface area contributed by atoms with Crippen LogP contribution in [0.25, 0.3) is 5.70 Å². The number of likely N-dealkylation sites (tertiary alicyclic amines) is 1. The summed E-state index contributed by atoms with van der Waals surface area (Å²) in [7, 11) is 4.01. The molecule has 1 saturated carbocycles. The number of carbonyl (C=O) groups is 1. The molecule has 174 valence electrons. The molecule has 1 atom stereocenters. The quantitative estimate of drug-likeness (QED) is 0.490. The van der Waals surface area contributed by atoms with E-state index in [2.05, 4.69) is 34.0 Å². The minimum absolute atomic E-state index is 0.0629. The van der Waals surface area contributed by atoms with E-state index in [0.29, 0.717) is 27.2 Å². The Morgan fingerprint density at radius 3 is 2.56 bits per heavy atom. The second kappa shape index (κ2) is 11.3. The molecular formula is C24H33Cl2N5O. The van der Waals surface area contributed by atoms with Crippen LogP contribution in [0, 0.1) is 5.92 Å². The summed E-state index contributed by atoms with van der Waals surface area (Å²) in [6.45, 7) is 7.45. The molecule has 1 heterocycles. The number of aliphatic imine (C=N–C) groups is 2. The number of amides is 2. The molecule has 1 aliphatic heterocycles. The minimum Gasteiger partial charge on any atom is -0.331 e. The van der Waals surface area contributed by atoms with Crippen molar-refractivity contribution in [2.45, 2.75) is 51.1 Å².